The number of nitriles is 1. The molecule has 1 N–H and O–H groups in total. The number of aromatic nitrogens is 2. The molecule has 0 radical (unpaired) electrons. The van der Waals surface area contributed by atoms with Gasteiger partial charge >= 0.3 is 0 Å². The summed E-state index contributed by atoms with van der Waals surface area (Å²) in [5.74, 6) is 0.347. The van der Waals surface area contributed by atoms with Crippen LogP contribution in [0.5, 0.6) is 5.75 Å². The summed E-state index contributed by atoms with van der Waals surface area (Å²) in [6.45, 7) is 3.87. The zero-order valence-electron chi connectivity index (χ0n) is 14.6. The smallest absolute Gasteiger partial charge is 0.259 e. The Kier molecular flexibility index (Phi) is 4.99. The highest BCUT2D eigenvalue weighted by Gasteiger charge is 2.15. The summed E-state index contributed by atoms with van der Waals surface area (Å²) < 4.78 is 6.94. The Bertz CT molecular complexity index is 968. The first kappa shape index (κ1) is 17.2. The van der Waals surface area contributed by atoms with Crippen molar-refractivity contribution in [2.75, 3.05) is 11.9 Å². The third-order valence-electron chi connectivity index (χ3n) is 3.92. The lowest BCUT2D eigenvalue weighted by Crippen LogP contribution is -2.13. The van der Waals surface area contributed by atoms with Gasteiger partial charge in [0.1, 0.15) is 11.8 Å². The lowest BCUT2D eigenvalue weighted by atomic mass is 10.2. The molecular weight excluding hydrogens is 328 g/mol. The van der Waals surface area contributed by atoms with Gasteiger partial charge in [0.05, 0.1) is 23.1 Å². The van der Waals surface area contributed by atoms with Crippen LogP contribution in [-0.4, -0.2) is 22.3 Å². The number of rotatable bonds is 5. The van der Waals surface area contributed by atoms with Crippen molar-refractivity contribution in [2.24, 2.45) is 0 Å². The number of carbonyl (C=O) groups is 1. The summed E-state index contributed by atoms with van der Waals surface area (Å²) in [4.78, 5) is 12.6. The number of aryl methyl sites for hydroxylation is 1. The topological polar surface area (TPSA) is 79.9 Å². The third-order valence-corrected chi connectivity index (χ3v) is 3.92. The van der Waals surface area contributed by atoms with Crippen molar-refractivity contribution in [3.8, 4) is 17.5 Å². The van der Waals surface area contributed by atoms with Crippen molar-refractivity contribution in [3.63, 3.8) is 0 Å². The molecule has 0 fully saturated rings. The molecule has 2 aromatic carbocycles. The first-order chi connectivity index (χ1) is 12.6. The predicted octanol–water partition coefficient (Wildman–Crippen LogP) is 3.64. The first-order valence-corrected chi connectivity index (χ1v) is 8.11. The molecule has 0 unspecified atom stereocenters. The van der Waals surface area contributed by atoms with E-state index in [-0.39, 0.29) is 12.5 Å². The number of hydrogen-bond donors (Lipinski definition) is 1. The fraction of sp³-hybridized carbons (Fsp3) is 0.150. The molecule has 0 aliphatic heterocycles. The number of benzene rings is 2. The van der Waals surface area contributed by atoms with Gasteiger partial charge in [0.2, 0.25) is 0 Å². The summed E-state index contributed by atoms with van der Waals surface area (Å²) in [7, 11) is 0. The van der Waals surface area contributed by atoms with E-state index < -0.39 is 0 Å². The molecule has 1 amide bonds. The fourth-order valence-corrected chi connectivity index (χ4v) is 2.60. The maximum Gasteiger partial charge on any atom is 0.259 e. The molecule has 6 heteroatoms. The minimum atomic E-state index is -0.230. The van der Waals surface area contributed by atoms with Crippen LogP contribution in [0.2, 0.25) is 0 Å². The molecule has 3 aromatic rings. The number of nitrogens with zero attached hydrogens (tertiary/aromatic N) is 3. The van der Waals surface area contributed by atoms with Gasteiger partial charge in [-0.3, -0.25) is 4.79 Å². The van der Waals surface area contributed by atoms with Crippen LogP contribution in [0.15, 0.2) is 54.7 Å². The maximum absolute atomic E-state index is 12.6. The summed E-state index contributed by atoms with van der Waals surface area (Å²) in [5.41, 5.74) is 3.96. The second-order valence-electron chi connectivity index (χ2n) is 5.82. The van der Waals surface area contributed by atoms with Crippen molar-refractivity contribution in [2.45, 2.75) is 13.8 Å². The largest absolute Gasteiger partial charge is 0.479 e. The molecule has 0 bridgehead atoms. The zero-order chi connectivity index (χ0) is 18.5. The molecule has 0 saturated heterocycles. The number of ether oxygens (including phenoxy) is 1. The number of amides is 1. The highest BCUT2D eigenvalue weighted by atomic mass is 16.5. The fourth-order valence-electron chi connectivity index (χ4n) is 2.60. The van der Waals surface area contributed by atoms with E-state index >= 15 is 0 Å². The van der Waals surface area contributed by atoms with Gasteiger partial charge in [-0.2, -0.15) is 10.4 Å². The molecule has 0 aliphatic carbocycles. The minimum Gasteiger partial charge on any atom is -0.479 e. The van der Waals surface area contributed by atoms with E-state index in [9.17, 15) is 4.79 Å². The van der Waals surface area contributed by atoms with E-state index in [2.05, 4.69) is 10.4 Å². The van der Waals surface area contributed by atoms with E-state index in [0.717, 1.165) is 16.9 Å². The summed E-state index contributed by atoms with van der Waals surface area (Å²) in [6.07, 6.45) is 1.57. The van der Waals surface area contributed by atoms with Crippen molar-refractivity contribution in [1.29, 1.82) is 5.26 Å². The van der Waals surface area contributed by atoms with Gasteiger partial charge in [-0.1, -0.05) is 12.1 Å². The highest BCUT2D eigenvalue weighted by molar-refractivity contribution is 6.05. The molecule has 0 atom stereocenters. The van der Waals surface area contributed by atoms with Crippen LogP contribution in [-0.2, 0) is 0 Å². The van der Waals surface area contributed by atoms with Gasteiger partial charge in [0, 0.05) is 5.69 Å². The van der Waals surface area contributed by atoms with Crippen LogP contribution in [0.1, 0.15) is 21.6 Å². The average molecular weight is 346 g/mol. The summed E-state index contributed by atoms with van der Waals surface area (Å²) >= 11 is 0. The van der Waals surface area contributed by atoms with Gasteiger partial charge in [0.25, 0.3) is 5.91 Å². The SMILES string of the molecule is Cc1cccc(-n2ncc(C(=O)Nc3ccc(OCC#N)cc3)c2C)c1. The van der Waals surface area contributed by atoms with Gasteiger partial charge in [0.15, 0.2) is 6.61 Å². The molecular formula is C20H18N4O2. The average Bonchev–Trinajstić information content (AvgIpc) is 3.03. The van der Waals surface area contributed by atoms with Crippen LogP contribution in [0.4, 0.5) is 5.69 Å². The van der Waals surface area contributed by atoms with Crippen LogP contribution in [0, 0.1) is 25.2 Å². The molecule has 1 heterocycles. The van der Waals surface area contributed by atoms with Gasteiger partial charge in [-0.05, 0) is 55.8 Å². The summed E-state index contributed by atoms with van der Waals surface area (Å²) in [6, 6.07) is 16.7. The Morgan fingerprint density at radius 1 is 1.23 bits per heavy atom. The number of nitrogens with one attached hydrogen (secondary N) is 1. The number of anilines is 1. The van der Waals surface area contributed by atoms with Crippen LogP contribution in [0.25, 0.3) is 5.69 Å². The molecule has 26 heavy (non-hydrogen) atoms. The van der Waals surface area contributed by atoms with Crippen molar-refractivity contribution in [3.05, 3.63) is 71.5 Å². The molecule has 0 aliphatic rings. The summed E-state index contributed by atoms with van der Waals surface area (Å²) in [5, 5.41) is 15.7. The Labute approximate surface area is 151 Å². The molecule has 1 aromatic heterocycles. The Hall–Kier alpha value is -3.59. The molecule has 0 saturated carbocycles. The molecule has 6 nitrogen and oxygen atoms in total. The second-order valence-corrected chi connectivity index (χ2v) is 5.82. The Morgan fingerprint density at radius 3 is 2.69 bits per heavy atom. The predicted molar refractivity (Wildman–Crippen MR) is 98.5 cm³/mol. The lowest BCUT2D eigenvalue weighted by Gasteiger charge is -2.08. The van der Waals surface area contributed by atoms with E-state index in [0.29, 0.717) is 17.0 Å². The van der Waals surface area contributed by atoms with Gasteiger partial charge in [-0.15, -0.1) is 0 Å². The first-order valence-electron chi connectivity index (χ1n) is 8.11. The standard InChI is InChI=1S/C20H18N4O2/c1-14-4-3-5-17(12-14)24-15(2)19(13-22-24)20(25)23-16-6-8-18(9-7-16)26-11-10-21/h3-9,12-13H,11H2,1-2H3,(H,23,25). The molecule has 130 valence electrons. The zero-order valence-corrected chi connectivity index (χ0v) is 14.6. The monoisotopic (exact) mass is 346 g/mol. The third kappa shape index (κ3) is 3.73. The van der Waals surface area contributed by atoms with Gasteiger partial charge in [-0.25, -0.2) is 4.68 Å². The minimum absolute atomic E-state index is 0.0109. The van der Waals surface area contributed by atoms with Crippen molar-refractivity contribution < 1.29 is 9.53 Å². The Balaban J connectivity index is 1.76. The maximum atomic E-state index is 12.6. The van der Waals surface area contributed by atoms with Crippen LogP contribution < -0.4 is 10.1 Å². The highest BCUT2D eigenvalue weighted by Crippen LogP contribution is 2.19. The van der Waals surface area contributed by atoms with Gasteiger partial charge < -0.3 is 10.1 Å². The van der Waals surface area contributed by atoms with Crippen molar-refractivity contribution in [1.82, 2.24) is 9.78 Å². The van der Waals surface area contributed by atoms with Crippen LogP contribution in [0.3, 0.4) is 0 Å². The lowest BCUT2D eigenvalue weighted by molar-refractivity contribution is 0.102. The number of hydrogen-bond acceptors (Lipinski definition) is 4. The quantitative estimate of drug-likeness (QED) is 0.765. The normalized spacial score (nSPS) is 10.2. The van der Waals surface area contributed by atoms with E-state index in [1.807, 2.05) is 44.2 Å². The second kappa shape index (κ2) is 7.53. The van der Waals surface area contributed by atoms with E-state index in [1.165, 1.54) is 0 Å². The van der Waals surface area contributed by atoms with Crippen LogP contribution >= 0.6 is 0 Å². The van der Waals surface area contributed by atoms with E-state index in [4.69, 9.17) is 10.00 Å². The van der Waals surface area contributed by atoms with E-state index in [1.54, 1.807) is 35.1 Å². The molecule has 3 rings (SSSR count). The number of carbonyl (C=O) groups excluding carboxylic acids is 1. The molecule has 0 spiro atoms. The Morgan fingerprint density at radius 2 is 2.00 bits per heavy atom. The van der Waals surface area contributed by atoms with Crippen molar-refractivity contribution >= 4 is 11.6 Å².